The number of benzene rings is 1. The molecule has 3 rings (SSSR count). The zero-order valence-corrected chi connectivity index (χ0v) is 14.5. The fraction of sp³-hybridized carbons (Fsp3) is 0.235. The molecule has 3 aromatic rings. The van der Waals surface area contributed by atoms with Crippen molar-refractivity contribution in [3.05, 3.63) is 57.3 Å². The van der Waals surface area contributed by atoms with Gasteiger partial charge in [0.1, 0.15) is 5.82 Å². The van der Waals surface area contributed by atoms with Crippen LogP contribution in [-0.2, 0) is 0 Å². The first-order valence-corrected chi connectivity index (χ1v) is 8.91. The van der Waals surface area contributed by atoms with Crippen LogP contribution in [0.25, 0.3) is 10.1 Å². The van der Waals surface area contributed by atoms with Crippen LogP contribution in [0.5, 0.6) is 0 Å². The Balaban J connectivity index is 1.72. The lowest BCUT2D eigenvalue weighted by Gasteiger charge is -2.23. The van der Waals surface area contributed by atoms with E-state index in [9.17, 15) is 9.18 Å². The van der Waals surface area contributed by atoms with Crippen LogP contribution < -0.4 is 5.32 Å². The first-order valence-electron chi connectivity index (χ1n) is 7.22. The summed E-state index contributed by atoms with van der Waals surface area (Å²) in [5.74, 6) is -0.397. The second-order valence-electron chi connectivity index (χ2n) is 5.50. The van der Waals surface area contributed by atoms with Gasteiger partial charge in [-0.15, -0.1) is 22.7 Å². The van der Waals surface area contributed by atoms with Crippen molar-refractivity contribution in [3.63, 3.8) is 0 Å². The molecule has 3 nitrogen and oxygen atoms in total. The van der Waals surface area contributed by atoms with E-state index in [1.807, 2.05) is 31.6 Å². The quantitative estimate of drug-likeness (QED) is 0.752. The summed E-state index contributed by atoms with van der Waals surface area (Å²) in [6.07, 6.45) is 0. The van der Waals surface area contributed by atoms with Gasteiger partial charge in [0.15, 0.2) is 0 Å². The van der Waals surface area contributed by atoms with Crippen molar-refractivity contribution in [3.8, 4) is 0 Å². The number of nitrogens with zero attached hydrogens (tertiary/aromatic N) is 1. The zero-order valence-electron chi connectivity index (χ0n) is 12.9. The van der Waals surface area contributed by atoms with Crippen LogP contribution in [0.4, 0.5) is 4.39 Å². The molecule has 0 aliphatic heterocycles. The summed E-state index contributed by atoms with van der Waals surface area (Å²) in [5, 5.41) is 5.92. The third-order valence-corrected chi connectivity index (χ3v) is 5.73. The highest BCUT2D eigenvalue weighted by atomic mass is 32.1. The third-order valence-electron chi connectivity index (χ3n) is 3.66. The topological polar surface area (TPSA) is 32.3 Å². The van der Waals surface area contributed by atoms with Gasteiger partial charge in [0.05, 0.1) is 10.9 Å². The third kappa shape index (κ3) is 3.60. The summed E-state index contributed by atoms with van der Waals surface area (Å²) in [4.78, 5) is 16.3. The number of carbonyl (C=O) groups excluding carboxylic acids is 1. The molecule has 120 valence electrons. The van der Waals surface area contributed by atoms with Crippen LogP contribution in [0.3, 0.4) is 0 Å². The van der Waals surface area contributed by atoms with E-state index in [1.165, 1.54) is 28.3 Å². The molecule has 23 heavy (non-hydrogen) atoms. The van der Waals surface area contributed by atoms with Gasteiger partial charge in [-0.25, -0.2) is 4.39 Å². The average molecular weight is 348 g/mol. The predicted molar refractivity (Wildman–Crippen MR) is 94.9 cm³/mol. The standard InChI is InChI=1S/C17H17FN2OS2/c1-20(2)13(14-4-3-7-22-14)10-19-17(21)16-8-11-5-6-12(18)9-15(11)23-16/h3-9,13H,10H2,1-2H3,(H,19,21)/t13-/m0/s1. The molecule has 0 radical (unpaired) electrons. The van der Waals surface area contributed by atoms with Gasteiger partial charge < -0.3 is 10.2 Å². The minimum absolute atomic E-state index is 0.116. The van der Waals surface area contributed by atoms with Gasteiger partial charge in [0.25, 0.3) is 5.91 Å². The second-order valence-corrected chi connectivity index (χ2v) is 7.56. The van der Waals surface area contributed by atoms with E-state index in [2.05, 4.69) is 16.3 Å². The molecule has 6 heteroatoms. The number of hydrogen-bond acceptors (Lipinski definition) is 4. The summed E-state index contributed by atoms with van der Waals surface area (Å²) in [6, 6.07) is 10.6. The van der Waals surface area contributed by atoms with Crippen molar-refractivity contribution in [2.45, 2.75) is 6.04 Å². The van der Waals surface area contributed by atoms with Gasteiger partial charge >= 0.3 is 0 Å². The number of carbonyl (C=O) groups is 1. The van der Waals surface area contributed by atoms with Crippen molar-refractivity contribution in [2.24, 2.45) is 0 Å². The highest BCUT2D eigenvalue weighted by Crippen LogP contribution is 2.27. The van der Waals surface area contributed by atoms with Crippen molar-refractivity contribution in [1.82, 2.24) is 10.2 Å². The van der Waals surface area contributed by atoms with Gasteiger partial charge in [-0.1, -0.05) is 12.1 Å². The summed E-state index contributed by atoms with van der Waals surface area (Å²) < 4.78 is 14.0. The molecule has 1 aromatic carbocycles. The Morgan fingerprint density at radius 3 is 2.83 bits per heavy atom. The number of likely N-dealkylation sites (N-methyl/N-ethyl adjacent to an activating group) is 1. The summed E-state index contributed by atoms with van der Waals surface area (Å²) in [7, 11) is 4.00. The van der Waals surface area contributed by atoms with E-state index in [0.717, 1.165) is 10.1 Å². The smallest absolute Gasteiger partial charge is 0.261 e. The van der Waals surface area contributed by atoms with Crippen molar-refractivity contribution >= 4 is 38.7 Å². The van der Waals surface area contributed by atoms with E-state index in [4.69, 9.17) is 0 Å². The number of thiophene rings is 2. The molecule has 1 amide bonds. The lowest BCUT2D eigenvalue weighted by Crippen LogP contribution is -2.33. The molecule has 1 N–H and O–H groups in total. The average Bonchev–Trinajstić information content (AvgIpc) is 3.15. The minimum Gasteiger partial charge on any atom is -0.349 e. The summed E-state index contributed by atoms with van der Waals surface area (Å²) >= 11 is 2.99. The van der Waals surface area contributed by atoms with Crippen LogP contribution in [0, 0.1) is 5.82 Å². The maximum atomic E-state index is 13.2. The van der Waals surface area contributed by atoms with E-state index in [-0.39, 0.29) is 17.8 Å². The number of hydrogen-bond donors (Lipinski definition) is 1. The highest BCUT2D eigenvalue weighted by molar-refractivity contribution is 7.20. The van der Waals surface area contributed by atoms with E-state index >= 15 is 0 Å². The van der Waals surface area contributed by atoms with Crippen LogP contribution >= 0.6 is 22.7 Å². The van der Waals surface area contributed by atoms with Crippen molar-refractivity contribution in [2.75, 3.05) is 20.6 Å². The Morgan fingerprint density at radius 1 is 1.30 bits per heavy atom. The molecule has 1 atom stereocenters. The first kappa shape index (κ1) is 16.1. The van der Waals surface area contributed by atoms with E-state index in [1.54, 1.807) is 17.4 Å². The van der Waals surface area contributed by atoms with Gasteiger partial charge in [-0.05, 0) is 49.1 Å². The second kappa shape index (κ2) is 6.78. The predicted octanol–water partition coefficient (Wildman–Crippen LogP) is 4.13. The molecular formula is C17H17FN2OS2. The molecule has 0 aliphatic carbocycles. The fourth-order valence-electron chi connectivity index (χ4n) is 2.41. The molecule has 0 fully saturated rings. The Kier molecular flexibility index (Phi) is 4.75. The number of halogens is 1. The summed E-state index contributed by atoms with van der Waals surface area (Å²) in [6.45, 7) is 0.537. The Morgan fingerprint density at radius 2 is 2.13 bits per heavy atom. The van der Waals surface area contributed by atoms with Gasteiger partial charge in [0, 0.05) is 16.1 Å². The van der Waals surface area contributed by atoms with E-state index in [0.29, 0.717) is 11.4 Å². The molecule has 0 saturated heterocycles. The monoisotopic (exact) mass is 348 g/mol. The fourth-order valence-corrected chi connectivity index (χ4v) is 4.34. The van der Waals surface area contributed by atoms with Crippen LogP contribution in [-0.4, -0.2) is 31.4 Å². The van der Waals surface area contributed by atoms with Gasteiger partial charge in [0.2, 0.25) is 0 Å². The Bertz CT molecular complexity index is 811. The zero-order chi connectivity index (χ0) is 16.4. The van der Waals surface area contributed by atoms with E-state index < -0.39 is 0 Å². The van der Waals surface area contributed by atoms with Crippen LogP contribution in [0.2, 0.25) is 0 Å². The minimum atomic E-state index is -0.281. The highest BCUT2D eigenvalue weighted by Gasteiger charge is 2.17. The Hall–Kier alpha value is -1.76. The lowest BCUT2D eigenvalue weighted by atomic mass is 10.2. The SMILES string of the molecule is CN(C)[C@@H](CNC(=O)c1cc2ccc(F)cc2s1)c1cccs1. The molecule has 2 heterocycles. The maximum Gasteiger partial charge on any atom is 0.261 e. The molecule has 0 aliphatic rings. The number of nitrogens with one attached hydrogen (secondary N) is 1. The van der Waals surface area contributed by atoms with Gasteiger partial charge in [-0.3, -0.25) is 4.79 Å². The van der Waals surface area contributed by atoms with Crippen molar-refractivity contribution < 1.29 is 9.18 Å². The van der Waals surface area contributed by atoms with Crippen molar-refractivity contribution in [1.29, 1.82) is 0 Å². The molecule has 0 saturated carbocycles. The number of fused-ring (bicyclic) bond motifs is 1. The number of rotatable bonds is 5. The molecule has 0 spiro atoms. The molecule has 0 unspecified atom stereocenters. The number of amides is 1. The molecule has 2 aromatic heterocycles. The van der Waals surface area contributed by atoms with Crippen LogP contribution in [0.15, 0.2) is 41.8 Å². The normalized spacial score (nSPS) is 12.7. The maximum absolute atomic E-state index is 13.2. The Labute approximate surface area is 142 Å². The van der Waals surface area contributed by atoms with Crippen LogP contribution in [0.1, 0.15) is 20.6 Å². The first-order chi connectivity index (χ1) is 11.0. The molecular weight excluding hydrogens is 331 g/mol. The molecule has 0 bridgehead atoms. The lowest BCUT2D eigenvalue weighted by molar-refractivity contribution is 0.0946. The largest absolute Gasteiger partial charge is 0.349 e. The summed E-state index contributed by atoms with van der Waals surface area (Å²) in [5.41, 5.74) is 0. The van der Waals surface area contributed by atoms with Gasteiger partial charge in [-0.2, -0.15) is 0 Å².